The van der Waals surface area contributed by atoms with E-state index in [-0.39, 0.29) is 0 Å². The average molecular weight is 719 g/mol. The van der Waals surface area contributed by atoms with Crippen LogP contribution < -0.4 is 9.80 Å². The Morgan fingerprint density at radius 2 is 0.821 bits per heavy atom. The van der Waals surface area contributed by atoms with E-state index >= 15 is 0 Å². The topological polar surface area (TPSA) is 32.8 Å². The van der Waals surface area contributed by atoms with Crippen molar-refractivity contribution in [2.45, 2.75) is 0 Å². The summed E-state index contributed by atoms with van der Waals surface area (Å²) in [5, 5.41) is 6.55. The van der Waals surface area contributed by atoms with E-state index in [0.29, 0.717) is 0 Å². The second-order valence-corrected chi connectivity index (χ2v) is 14.1. The van der Waals surface area contributed by atoms with E-state index in [9.17, 15) is 0 Å². The molecule has 0 aliphatic carbocycles. The summed E-state index contributed by atoms with van der Waals surface area (Å²) in [5.74, 6) is 0. The lowest BCUT2D eigenvalue weighted by Crippen LogP contribution is -2.13. The van der Waals surface area contributed by atoms with Gasteiger partial charge in [-0.05, 0) is 94.7 Å². The van der Waals surface area contributed by atoms with Gasteiger partial charge in [-0.25, -0.2) is 0 Å². The maximum absolute atomic E-state index is 6.93. The third-order valence-corrected chi connectivity index (χ3v) is 10.8. The second-order valence-electron chi connectivity index (χ2n) is 14.1. The van der Waals surface area contributed by atoms with E-state index < -0.39 is 0 Å². The Balaban J connectivity index is 1.24. The lowest BCUT2D eigenvalue weighted by molar-refractivity contribution is 0.669. The molecule has 0 aliphatic rings. The van der Waals surface area contributed by atoms with Crippen LogP contribution in [0.25, 0.3) is 65.8 Å². The van der Waals surface area contributed by atoms with Crippen LogP contribution >= 0.6 is 0 Å². The number of hydrogen-bond acceptors (Lipinski definition) is 4. The van der Waals surface area contributed by atoms with Gasteiger partial charge < -0.3 is 18.6 Å². The molecule has 0 fully saturated rings. The predicted molar refractivity (Wildman–Crippen MR) is 233 cm³/mol. The molecule has 0 N–H and O–H groups in total. The van der Waals surface area contributed by atoms with Gasteiger partial charge in [0, 0.05) is 33.9 Å². The Hall–Kier alpha value is -7.56. The molecule has 0 radical (unpaired) electrons. The SMILES string of the molecule is c1ccc(-c2ccc(N(c3cc(N(c4ccccc4)c4ccccc4)c4c(c3)oc3cc5ccccc5cc34)c3cccc4oc5ccccc5c34)cc2)cc1. The van der Waals surface area contributed by atoms with Gasteiger partial charge in [0.05, 0.1) is 27.8 Å². The van der Waals surface area contributed by atoms with Crippen molar-refractivity contribution in [2.75, 3.05) is 9.80 Å². The highest BCUT2D eigenvalue weighted by molar-refractivity contribution is 6.18. The van der Waals surface area contributed by atoms with Crippen LogP contribution in [0, 0.1) is 0 Å². The Morgan fingerprint density at radius 3 is 1.55 bits per heavy atom. The van der Waals surface area contributed by atoms with Crippen LogP contribution in [0.4, 0.5) is 34.1 Å². The summed E-state index contributed by atoms with van der Waals surface area (Å²) in [5.41, 5.74) is 11.8. The number of anilines is 6. The fraction of sp³-hybridized carbons (Fsp3) is 0. The monoisotopic (exact) mass is 718 g/mol. The lowest BCUT2D eigenvalue weighted by atomic mass is 10.0. The normalized spacial score (nSPS) is 11.6. The first-order chi connectivity index (χ1) is 27.8. The van der Waals surface area contributed by atoms with Crippen LogP contribution in [-0.4, -0.2) is 0 Å². The number of rotatable bonds is 7. The minimum Gasteiger partial charge on any atom is -0.456 e. The highest BCUT2D eigenvalue weighted by Gasteiger charge is 2.25. The molecule has 4 nitrogen and oxygen atoms in total. The molecular weight excluding hydrogens is 685 g/mol. The van der Waals surface area contributed by atoms with Gasteiger partial charge in [0.15, 0.2) is 0 Å². The van der Waals surface area contributed by atoms with Gasteiger partial charge in [0.2, 0.25) is 0 Å². The number of para-hydroxylation sites is 3. The van der Waals surface area contributed by atoms with Gasteiger partial charge in [-0.15, -0.1) is 0 Å². The molecule has 0 amide bonds. The molecule has 11 aromatic rings. The fourth-order valence-electron chi connectivity index (χ4n) is 8.25. The van der Waals surface area contributed by atoms with Crippen molar-refractivity contribution in [3.05, 3.63) is 206 Å². The van der Waals surface area contributed by atoms with Gasteiger partial charge in [-0.1, -0.05) is 127 Å². The number of hydrogen-bond donors (Lipinski definition) is 0. The Bertz CT molecular complexity index is 3150. The third-order valence-electron chi connectivity index (χ3n) is 10.8. The summed E-state index contributed by atoms with van der Waals surface area (Å²) in [6.45, 7) is 0. The zero-order valence-corrected chi connectivity index (χ0v) is 30.3. The van der Waals surface area contributed by atoms with Crippen molar-refractivity contribution in [1.82, 2.24) is 0 Å². The minimum absolute atomic E-state index is 0.801. The summed E-state index contributed by atoms with van der Waals surface area (Å²) in [7, 11) is 0. The molecule has 0 saturated carbocycles. The first kappa shape index (κ1) is 31.9. The van der Waals surface area contributed by atoms with Gasteiger partial charge in [-0.3, -0.25) is 0 Å². The fourth-order valence-corrected chi connectivity index (χ4v) is 8.25. The van der Waals surface area contributed by atoms with E-state index in [1.807, 2.05) is 12.1 Å². The first-order valence-corrected chi connectivity index (χ1v) is 18.9. The first-order valence-electron chi connectivity index (χ1n) is 18.9. The van der Waals surface area contributed by atoms with Crippen LogP contribution in [0.5, 0.6) is 0 Å². The van der Waals surface area contributed by atoms with E-state index in [1.54, 1.807) is 0 Å². The molecule has 0 saturated heterocycles. The van der Waals surface area contributed by atoms with Crippen molar-refractivity contribution in [3.63, 3.8) is 0 Å². The van der Waals surface area contributed by atoms with E-state index in [1.165, 1.54) is 10.9 Å². The average Bonchev–Trinajstić information content (AvgIpc) is 3.83. The third kappa shape index (κ3) is 5.31. The smallest absolute Gasteiger partial charge is 0.139 e. The predicted octanol–water partition coefficient (Wildman–Crippen LogP) is 15.2. The van der Waals surface area contributed by atoms with Crippen LogP contribution in [0.3, 0.4) is 0 Å². The molecule has 2 heterocycles. The molecule has 0 atom stereocenters. The number of furan rings is 2. The van der Waals surface area contributed by atoms with Gasteiger partial charge >= 0.3 is 0 Å². The quantitative estimate of drug-likeness (QED) is 0.164. The zero-order valence-electron chi connectivity index (χ0n) is 30.3. The molecule has 0 bridgehead atoms. The number of fused-ring (bicyclic) bond motifs is 7. The molecule has 2 aromatic heterocycles. The highest BCUT2D eigenvalue weighted by Crippen LogP contribution is 2.49. The maximum Gasteiger partial charge on any atom is 0.139 e. The highest BCUT2D eigenvalue weighted by atomic mass is 16.3. The molecule has 0 unspecified atom stereocenters. The second kappa shape index (κ2) is 13.1. The summed E-state index contributed by atoms with van der Waals surface area (Å²) < 4.78 is 13.4. The summed E-state index contributed by atoms with van der Waals surface area (Å²) in [4.78, 5) is 4.69. The summed E-state index contributed by atoms with van der Waals surface area (Å²) in [6.07, 6.45) is 0. The van der Waals surface area contributed by atoms with E-state index in [4.69, 9.17) is 8.83 Å². The molecule has 11 rings (SSSR count). The van der Waals surface area contributed by atoms with Crippen LogP contribution in [0.15, 0.2) is 215 Å². The van der Waals surface area contributed by atoms with Gasteiger partial charge in [0.25, 0.3) is 0 Å². The van der Waals surface area contributed by atoms with Crippen molar-refractivity contribution in [2.24, 2.45) is 0 Å². The van der Waals surface area contributed by atoms with Crippen molar-refractivity contribution < 1.29 is 8.83 Å². The summed E-state index contributed by atoms with van der Waals surface area (Å²) >= 11 is 0. The largest absolute Gasteiger partial charge is 0.456 e. The van der Waals surface area contributed by atoms with Gasteiger partial charge in [0.1, 0.15) is 22.3 Å². The molecule has 9 aromatic carbocycles. The molecular formula is C52H34N2O2. The van der Waals surface area contributed by atoms with Crippen LogP contribution in [0.2, 0.25) is 0 Å². The molecule has 0 aliphatic heterocycles. The molecule has 56 heavy (non-hydrogen) atoms. The van der Waals surface area contributed by atoms with Gasteiger partial charge in [-0.2, -0.15) is 0 Å². The molecule has 264 valence electrons. The minimum atomic E-state index is 0.801. The van der Waals surface area contributed by atoms with Crippen molar-refractivity contribution >= 4 is 88.8 Å². The van der Waals surface area contributed by atoms with E-state index in [0.717, 1.165) is 89.0 Å². The Labute approximate surface area is 323 Å². The molecule has 4 heteroatoms. The van der Waals surface area contributed by atoms with Crippen molar-refractivity contribution in [3.8, 4) is 11.1 Å². The van der Waals surface area contributed by atoms with E-state index in [2.05, 4.69) is 204 Å². The zero-order chi connectivity index (χ0) is 37.0. The number of benzene rings is 9. The lowest BCUT2D eigenvalue weighted by Gasteiger charge is -2.30. The molecule has 0 spiro atoms. The Kier molecular flexibility index (Phi) is 7.46. The Morgan fingerprint density at radius 1 is 0.286 bits per heavy atom. The maximum atomic E-state index is 6.93. The number of nitrogens with zero attached hydrogens (tertiary/aromatic N) is 2. The van der Waals surface area contributed by atoms with Crippen molar-refractivity contribution in [1.29, 1.82) is 0 Å². The van der Waals surface area contributed by atoms with Crippen LogP contribution in [-0.2, 0) is 0 Å². The standard InChI is InChI=1S/C52H34N2O2/c1-4-15-35(16-5-1)36-27-29-41(30-28-36)54(45-24-14-26-48-51(45)43-23-12-13-25-47(43)55-48)42-33-46(53(39-19-6-2-7-20-39)40-21-8-3-9-22-40)52-44-31-37-17-10-11-18-38(37)32-49(44)56-50(52)34-42/h1-34H. The summed E-state index contributed by atoms with van der Waals surface area (Å²) in [6, 6.07) is 72.6. The van der Waals surface area contributed by atoms with Crippen LogP contribution in [0.1, 0.15) is 0 Å².